The van der Waals surface area contributed by atoms with Crippen LogP contribution in [0.2, 0.25) is 0 Å². The number of hydrogen-bond acceptors (Lipinski definition) is 3. The molecular formula is C19H24FN5. The molecule has 1 aliphatic heterocycles. The molecule has 2 heterocycles. The summed E-state index contributed by atoms with van der Waals surface area (Å²) >= 11 is 0. The molecule has 6 heteroatoms. The van der Waals surface area contributed by atoms with Gasteiger partial charge in [0.1, 0.15) is 11.6 Å². The molecule has 1 aromatic heterocycles. The molecule has 0 radical (unpaired) electrons. The van der Waals surface area contributed by atoms with Gasteiger partial charge in [-0.15, -0.1) is 0 Å². The third-order valence-electron chi connectivity index (χ3n) is 4.19. The number of nitrogens with one attached hydrogen (secondary N) is 1. The van der Waals surface area contributed by atoms with Crippen LogP contribution in [-0.4, -0.2) is 48.6 Å². The zero-order valence-corrected chi connectivity index (χ0v) is 14.5. The smallest absolute Gasteiger partial charge is 0.194 e. The van der Waals surface area contributed by atoms with E-state index < -0.39 is 0 Å². The molecule has 0 amide bonds. The van der Waals surface area contributed by atoms with Crippen molar-refractivity contribution in [2.24, 2.45) is 4.99 Å². The lowest BCUT2D eigenvalue weighted by molar-refractivity contribution is 0.371. The van der Waals surface area contributed by atoms with Gasteiger partial charge >= 0.3 is 0 Å². The Balaban J connectivity index is 1.62. The summed E-state index contributed by atoms with van der Waals surface area (Å²) in [5, 5.41) is 3.34. The molecule has 2 aromatic rings. The van der Waals surface area contributed by atoms with Crippen molar-refractivity contribution >= 4 is 11.8 Å². The van der Waals surface area contributed by atoms with Crippen LogP contribution in [0.3, 0.4) is 0 Å². The molecule has 3 rings (SSSR count). The number of hydrogen-bond donors (Lipinski definition) is 1. The predicted octanol–water partition coefficient (Wildman–Crippen LogP) is 2.51. The number of rotatable bonds is 4. The molecule has 132 valence electrons. The van der Waals surface area contributed by atoms with Gasteiger partial charge in [0.25, 0.3) is 0 Å². The number of halogens is 1. The second kappa shape index (κ2) is 8.46. The van der Waals surface area contributed by atoms with Crippen LogP contribution in [0.1, 0.15) is 12.5 Å². The fourth-order valence-corrected chi connectivity index (χ4v) is 2.92. The summed E-state index contributed by atoms with van der Waals surface area (Å²) in [6.07, 6.45) is 1.83. The standard InChI is InChI=1S/C19H24FN5/c1-2-21-19(23-15-16-6-5-7-17(20)14-16)25-12-10-24(11-13-25)18-8-3-4-9-22-18/h3-9,14H,2,10-13,15H2,1H3,(H,21,23). The van der Waals surface area contributed by atoms with Gasteiger partial charge in [-0.25, -0.2) is 14.4 Å². The van der Waals surface area contributed by atoms with E-state index in [9.17, 15) is 4.39 Å². The van der Waals surface area contributed by atoms with E-state index >= 15 is 0 Å². The number of aliphatic imine (C=N–C) groups is 1. The Morgan fingerprint density at radius 2 is 2.00 bits per heavy atom. The first-order chi connectivity index (χ1) is 12.3. The van der Waals surface area contributed by atoms with Gasteiger partial charge in [-0.1, -0.05) is 18.2 Å². The van der Waals surface area contributed by atoms with Crippen LogP contribution >= 0.6 is 0 Å². The number of anilines is 1. The largest absolute Gasteiger partial charge is 0.357 e. The normalized spacial score (nSPS) is 15.4. The first-order valence-corrected chi connectivity index (χ1v) is 8.70. The molecule has 25 heavy (non-hydrogen) atoms. The lowest BCUT2D eigenvalue weighted by atomic mass is 10.2. The molecule has 0 bridgehead atoms. The van der Waals surface area contributed by atoms with Crippen LogP contribution < -0.4 is 10.2 Å². The maximum Gasteiger partial charge on any atom is 0.194 e. The molecule has 1 fully saturated rings. The Hall–Kier alpha value is -2.63. The summed E-state index contributed by atoms with van der Waals surface area (Å²) < 4.78 is 13.3. The Morgan fingerprint density at radius 3 is 2.68 bits per heavy atom. The highest BCUT2D eigenvalue weighted by Gasteiger charge is 2.20. The van der Waals surface area contributed by atoms with E-state index in [1.54, 1.807) is 6.07 Å². The number of piperazine rings is 1. The lowest BCUT2D eigenvalue weighted by Crippen LogP contribution is -2.52. The predicted molar refractivity (Wildman–Crippen MR) is 99.2 cm³/mol. The van der Waals surface area contributed by atoms with Gasteiger partial charge in [0.15, 0.2) is 5.96 Å². The average Bonchev–Trinajstić information content (AvgIpc) is 2.66. The summed E-state index contributed by atoms with van der Waals surface area (Å²) in [6.45, 7) is 6.91. The minimum Gasteiger partial charge on any atom is -0.357 e. The highest BCUT2D eigenvalue weighted by molar-refractivity contribution is 5.80. The minimum absolute atomic E-state index is 0.221. The van der Waals surface area contributed by atoms with Crippen molar-refractivity contribution in [3.8, 4) is 0 Å². The van der Waals surface area contributed by atoms with E-state index in [4.69, 9.17) is 0 Å². The molecule has 0 spiro atoms. The zero-order chi connectivity index (χ0) is 17.5. The topological polar surface area (TPSA) is 43.8 Å². The molecule has 0 atom stereocenters. The van der Waals surface area contributed by atoms with Crippen LogP contribution in [-0.2, 0) is 6.54 Å². The van der Waals surface area contributed by atoms with Crippen molar-refractivity contribution in [3.63, 3.8) is 0 Å². The fourth-order valence-electron chi connectivity index (χ4n) is 2.92. The fraction of sp³-hybridized carbons (Fsp3) is 0.368. The van der Waals surface area contributed by atoms with Crippen molar-refractivity contribution < 1.29 is 4.39 Å². The molecule has 0 aliphatic carbocycles. The Kier molecular flexibility index (Phi) is 5.82. The monoisotopic (exact) mass is 341 g/mol. The van der Waals surface area contributed by atoms with E-state index in [2.05, 4.69) is 32.0 Å². The molecule has 5 nitrogen and oxygen atoms in total. The van der Waals surface area contributed by atoms with Gasteiger partial charge in [-0.05, 0) is 36.8 Å². The third-order valence-corrected chi connectivity index (χ3v) is 4.19. The van der Waals surface area contributed by atoms with Crippen molar-refractivity contribution in [2.45, 2.75) is 13.5 Å². The van der Waals surface area contributed by atoms with Gasteiger partial charge in [0.05, 0.1) is 6.54 Å². The van der Waals surface area contributed by atoms with Crippen LogP contribution in [0.25, 0.3) is 0 Å². The highest BCUT2D eigenvalue weighted by atomic mass is 19.1. The van der Waals surface area contributed by atoms with Gasteiger partial charge in [-0.3, -0.25) is 0 Å². The van der Waals surface area contributed by atoms with Crippen molar-refractivity contribution in [3.05, 3.63) is 60.0 Å². The minimum atomic E-state index is -0.221. The molecule has 0 unspecified atom stereocenters. The Labute approximate surface area is 148 Å². The van der Waals surface area contributed by atoms with E-state index in [-0.39, 0.29) is 5.82 Å². The van der Waals surface area contributed by atoms with Crippen molar-refractivity contribution in [2.75, 3.05) is 37.6 Å². The molecule has 1 saturated heterocycles. The van der Waals surface area contributed by atoms with Gasteiger partial charge < -0.3 is 15.1 Å². The molecule has 0 saturated carbocycles. The summed E-state index contributed by atoms with van der Waals surface area (Å²) in [5.41, 5.74) is 0.877. The Morgan fingerprint density at radius 1 is 1.16 bits per heavy atom. The first-order valence-electron chi connectivity index (χ1n) is 8.70. The number of guanidine groups is 1. The number of benzene rings is 1. The summed E-state index contributed by atoms with van der Waals surface area (Å²) in [4.78, 5) is 13.6. The molecule has 1 N–H and O–H groups in total. The van der Waals surface area contributed by atoms with E-state index in [1.807, 2.05) is 30.5 Å². The molecule has 1 aromatic carbocycles. The quantitative estimate of drug-likeness (QED) is 0.685. The first kappa shape index (κ1) is 17.2. The lowest BCUT2D eigenvalue weighted by Gasteiger charge is -2.37. The number of aromatic nitrogens is 1. The highest BCUT2D eigenvalue weighted by Crippen LogP contribution is 2.13. The zero-order valence-electron chi connectivity index (χ0n) is 14.5. The van der Waals surface area contributed by atoms with E-state index in [0.717, 1.165) is 50.1 Å². The van der Waals surface area contributed by atoms with Crippen LogP contribution in [0.15, 0.2) is 53.7 Å². The average molecular weight is 341 g/mol. The van der Waals surface area contributed by atoms with Crippen LogP contribution in [0, 0.1) is 5.82 Å². The van der Waals surface area contributed by atoms with Crippen molar-refractivity contribution in [1.82, 2.24) is 15.2 Å². The second-order valence-electron chi connectivity index (χ2n) is 5.96. The maximum atomic E-state index is 13.3. The van der Waals surface area contributed by atoms with E-state index in [1.165, 1.54) is 12.1 Å². The van der Waals surface area contributed by atoms with Gasteiger partial charge in [-0.2, -0.15) is 0 Å². The SMILES string of the molecule is CCNC(=NCc1cccc(F)c1)N1CCN(c2ccccn2)CC1. The van der Waals surface area contributed by atoms with Crippen molar-refractivity contribution in [1.29, 1.82) is 0 Å². The Bertz CT molecular complexity index is 696. The van der Waals surface area contributed by atoms with Gasteiger partial charge in [0.2, 0.25) is 0 Å². The molecule has 1 aliphatic rings. The summed E-state index contributed by atoms with van der Waals surface area (Å²) in [5.74, 6) is 1.68. The number of pyridine rings is 1. The van der Waals surface area contributed by atoms with E-state index in [0.29, 0.717) is 6.54 Å². The third kappa shape index (κ3) is 4.68. The second-order valence-corrected chi connectivity index (χ2v) is 5.96. The number of nitrogens with zero attached hydrogens (tertiary/aromatic N) is 4. The summed E-state index contributed by atoms with van der Waals surface area (Å²) in [6, 6.07) is 12.6. The van der Waals surface area contributed by atoms with Crippen LogP contribution in [0.4, 0.5) is 10.2 Å². The van der Waals surface area contributed by atoms with Crippen LogP contribution in [0.5, 0.6) is 0 Å². The maximum absolute atomic E-state index is 13.3. The summed E-state index contributed by atoms with van der Waals surface area (Å²) in [7, 11) is 0. The molecular weight excluding hydrogens is 317 g/mol. The van der Waals surface area contributed by atoms with Gasteiger partial charge in [0, 0.05) is 38.9 Å².